The zero-order valence-corrected chi connectivity index (χ0v) is 14.7. The number of rotatable bonds is 4. The van der Waals surface area contributed by atoms with Crippen molar-refractivity contribution in [2.45, 2.75) is 17.7 Å². The van der Waals surface area contributed by atoms with Gasteiger partial charge in [0.1, 0.15) is 0 Å². The molecule has 0 bridgehead atoms. The first kappa shape index (κ1) is 18.5. The Morgan fingerprint density at radius 1 is 1.08 bits per heavy atom. The number of amides is 1. The molecule has 3 rings (SSSR count). The van der Waals surface area contributed by atoms with E-state index < -0.39 is 27.6 Å². The van der Waals surface area contributed by atoms with Gasteiger partial charge in [0, 0.05) is 18.8 Å². The molecule has 1 fully saturated rings. The molecule has 1 aliphatic rings. The van der Waals surface area contributed by atoms with Crippen molar-refractivity contribution < 1.29 is 22.0 Å². The smallest absolute Gasteiger partial charge is 0.243 e. The number of carbonyl (C=O) groups is 1. The molecule has 0 aromatic heterocycles. The number of anilines is 1. The summed E-state index contributed by atoms with van der Waals surface area (Å²) in [5.41, 5.74) is 0.637. The van der Waals surface area contributed by atoms with Crippen LogP contribution < -0.4 is 5.32 Å². The highest BCUT2D eigenvalue weighted by Crippen LogP contribution is 2.25. The van der Waals surface area contributed by atoms with Crippen LogP contribution in [0.1, 0.15) is 12.8 Å². The molecule has 5 nitrogen and oxygen atoms in total. The number of hydrogen-bond acceptors (Lipinski definition) is 3. The number of carbonyl (C=O) groups excluding carboxylic acids is 1. The van der Waals surface area contributed by atoms with Crippen LogP contribution in [0.25, 0.3) is 0 Å². The summed E-state index contributed by atoms with van der Waals surface area (Å²) in [5.74, 6) is -3.10. The molecule has 1 N–H and O–H groups in total. The first-order valence-corrected chi connectivity index (χ1v) is 9.63. The van der Waals surface area contributed by atoms with Gasteiger partial charge in [0.15, 0.2) is 11.6 Å². The van der Waals surface area contributed by atoms with E-state index in [1.54, 1.807) is 24.3 Å². The summed E-state index contributed by atoms with van der Waals surface area (Å²) in [6.45, 7) is 0.233. The number of hydrogen-bond donors (Lipinski definition) is 1. The number of halogens is 2. The lowest BCUT2D eigenvalue weighted by Gasteiger charge is -2.31. The normalized spacial score (nSPS) is 18.5. The maximum Gasteiger partial charge on any atom is 0.243 e. The van der Waals surface area contributed by atoms with Crippen molar-refractivity contribution in [3.8, 4) is 0 Å². The first-order chi connectivity index (χ1) is 12.4. The molecule has 8 heteroatoms. The zero-order valence-electron chi connectivity index (χ0n) is 13.9. The molecule has 2 aromatic carbocycles. The van der Waals surface area contributed by atoms with E-state index in [9.17, 15) is 22.0 Å². The molecule has 138 valence electrons. The van der Waals surface area contributed by atoms with Gasteiger partial charge in [0.25, 0.3) is 0 Å². The second-order valence-corrected chi connectivity index (χ2v) is 8.07. The Hall–Kier alpha value is -2.32. The Bertz CT molecular complexity index is 904. The van der Waals surface area contributed by atoms with E-state index in [1.807, 2.05) is 6.07 Å². The molecule has 1 amide bonds. The lowest BCUT2D eigenvalue weighted by molar-refractivity contribution is -0.120. The Labute approximate surface area is 150 Å². The number of nitrogens with zero attached hydrogens (tertiary/aromatic N) is 1. The Balaban J connectivity index is 1.75. The van der Waals surface area contributed by atoms with E-state index in [-0.39, 0.29) is 23.9 Å². The van der Waals surface area contributed by atoms with Crippen molar-refractivity contribution in [2.75, 3.05) is 18.4 Å². The average molecular weight is 380 g/mol. The largest absolute Gasteiger partial charge is 0.326 e. The van der Waals surface area contributed by atoms with E-state index in [1.165, 1.54) is 0 Å². The standard InChI is InChI=1S/C18H18F2N2O3S/c19-16-9-8-15(11-17(16)20)26(24,25)22-10-4-5-13(12-22)18(23)21-14-6-2-1-3-7-14/h1-3,6-9,11,13H,4-5,10,12H2,(H,21,23). The predicted molar refractivity (Wildman–Crippen MR) is 92.9 cm³/mol. The highest BCUT2D eigenvalue weighted by Gasteiger charge is 2.33. The lowest BCUT2D eigenvalue weighted by atomic mass is 9.99. The molecule has 2 aromatic rings. The highest BCUT2D eigenvalue weighted by atomic mass is 32.2. The summed E-state index contributed by atoms with van der Waals surface area (Å²) >= 11 is 0. The number of para-hydroxylation sites is 1. The van der Waals surface area contributed by atoms with Crippen LogP contribution in [0, 0.1) is 17.6 Å². The quantitative estimate of drug-likeness (QED) is 0.887. The second kappa shape index (κ2) is 7.51. The summed E-state index contributed by atoms with van der Waals surface area (Å²) in [6.07, 6.45) is 1.07. The summed E-state index contributed by atoms with van der Waals surface area (Å²) in [6, 6.07) is 11.4. The van der Waals surface area contributed by atoms with Crippen LogP contribution in [0.2, 0.25) is 0 Å². The predicted octanol–water partition coefficient (Wildman–Crippen LogP) is 3.00. The van der Waals surface area contributed by atoms with Gasteiger partial charge in [-0.2, -0.15) is 4.31 Å². The van der Waals surface area contributed by atoms with Crippen LogP contribution in [-0.4, -0.2) is 31.7 Å². The molecule has 0 aliphatic carbocycles. The van der Waals surface area contributed by atoms with E-state index in [4.69, 9.17) is 0 Å². The first-order valence-electron chi connectivity index (χ1n) is 8.19. The summed E-state index contributed by atoms with van der Waals surface area (Å²) in [5, 5.41) is 2.77. The fourth-order valence-corrected chi connectivity index (χ4v) is 4.46. The number of sulfonamides is 1. The van der Waals surface area contributed by atoms with Crippen molar-refractivity contribution in [2.24, 2.45) is 5.92 Å². The van der Waals surface area contributed by atoms with Crippen LogP contribution >= 0.6 is 0 Å². The lowest BCUT2D eigenvalue weighted by Crippen LogP contribution is -2.43. The second-order valence-electron chi connectivity index (χ2n) is 6.13. The molecule has 1 aliphatic heterocycles. The van der Waals surface area contributed by atoms with Crippen LogP contribution in [0.3, 0.4) is 0 Å². The summed E-state index contributed by atoms with van der Waals surface area (Å²) in [7, 11) is -3.99. The minimum atomic E-state index is -3.99. The molecule has 26 heavy (non-hydrogen) atoms. The fraction of sp³-hybridized carbons (Fsp3) is 0.278. The average Bonchev–Trinajstić information content (AvgIpc) is 2.65. The molecule has 1 unspecified atom stereocenters. The third-order valence-electron chi connectivity index (χ3n) is 4.33. The Morgan fingerprint density at radius 3 is 2.50 bits per heavy atom. The maximum atomic E-state index is 13.4. The van der Waals surface area contributed by atoms with Crippen LogP contribution in [0.4, 0.5) is 14.5 Å². The molecule has 1 saturated heterocycles. The van der Waals surface area contributed by atoms with Crippen LogP contribution in [-0.2, 0) is 14.8 Å². The van der Waals surface area contributed by atoms with Crippen LogP contribution in [0.5, 0.6) is 0 Å². The minimum Gasteiger partial charge on any atom is -0.326 e. The summed E-state index contributed by atoms with van der Waals surface area (Å²) < 4.78 is 53.0. The van der Waals surface area contributed by atoms with Gasteiger partial charge in [-0.1, -0.05) is 18.2 Å². The minimum absolute atomic E-state index is 0.00000425. The Kier molecular flexibility index (Phi) is 5.33. The van der Waals surface area contributed by atoms with Crippen molar-refractivity contribution in [1.82, 2.24) is 4.31 Å². The van der Waals surface area contributed by atoms with E-state index in [0.29, 0.717) is 24.6 Å². The van der Waals surface area contributed by atoms with E-state index in [0.717, 1.165) is 16.4 Å². The van der Waals surface area contributed by atoms with Gasteiger partial charge in [0.2, 0.25) is 15.9 Å². The molecule has 0 spiro atoms. The number of benzene rings is 2. The van der Waals surface area contributed by atoms with E-state index >= 15 is 0 Å². The van der Waals surface area contributed by atoms with Crippen LogP contribution in [0.15, 0.2) is 53.4 Å². The zero-order chi connectivity index (χ0) is 18.7. The SMILES string of the molecule is O=C(Nc1ccccc1)C1CCCN(S(=O)(=O)c2ccc(F)c(F)c2)C1. The van der Waals surface area contributed by atoms with Crippen molar-refractivity contribution in [3.63, 3.8) is 0 Å². The number of nitrogens with one attached hydrogen (secondary N) is 1. The van der Waals surface area contributed by atoms with Gasteiger partial charge < -0.3 is 5.32 Å². The van der Waals surface area contributed by atoms with Gasteiger partial charge in [-0.3, -0.25) is 4.79 Å². The molecule has 1 heterocycles. The van der Waals surface area contributed by atoms with Gasteiger partial charge in [-0.25, -0.2) is 17.2 Å². The van der Waals surface area contributed by atoms with Gasteiger partial charge >= 0.3 is 0 Å². The maximum absolute atomic E-state index is 13.4. The number of piperidine rings is 1. The fourth-order valence-electron chi connectivity index (χ4n) is 2.93. The summed E-state index contributed by atoms with van der Waals surface area (Å²) in [4.78, 5) is 12.1. The topological polar surface area (TPSA) is 66.5 Å². The molecular formula is C18H18F2N2O3S. The highest BCUT2D eigenvalue weighted by molar-refractivity contribution is 7.89. The molecule has 0 saturated carbocycles. The molecule has 0 radical (unpaired) electrons. The van der Waals surface area contributed by atoms with Gasteiger partial charge in [-0.15, -0.1) is 0 Å². The van der Waals surface area contributed by atoms with Crippen molar-refractivity contribution in [1.29, 1.82) is 0 Å². The van der Waals surface area contributed by atoms with Gasteiger partial charge in [0.05, 0.1) is 10.8 Å². The molecule has 1 atom stereocenters. The Morgan fingerprint density at radius 2 is 1.81 bits per heavy atom. The molecular weight excluding hydrogens is 362 g/mol. The van der Waals surface area contributed by atoms with Crippen molar-refractivity contribution >= 4 is 21.6 Å². The third kappa shape index (κ3) is 3.91. The third-order valence-corrected chi connectivity index (χ3v) is 6.19. The van der Waals surface area contributed by atoms with Gasteiger partial charge in [-0.05, 0) is 43.2 Å². The monoisotopic (exact) mass is 380 g/mol. The van der Waals surface area contributed by atoms with E-state index in [2.05, 4.69) is 5.32 Å². The van der Waals surface area contributed by atoms with Crippen molar-refractivity contribution in [3.05, 3.63) is 60.2 Å².